The van der Waals surface area contributed by atoms with Crippen molar-refractivity contribution in [2.45, 2.75) is 53.2 Å². The minimum absolute atomic E-state index is 0.0245. The van der Waals surface area contributed by atoms with Gasteiger partial charge in [0.15, 0.2) is 0 Å². The number of aryl methyl sites for hydroxylation is 1. The third-order valence-corrected chi connectivity index (χ3v) is 4.79. The molecule has 3 heteroatoms. The van der Waals surface area contributed by atoms with Crippen LogP contribution in [0, 0.1) is 12.8 Å². The molecule has 0 saturated heterocycles. The lowest BCUT2D eigenvalue weighted by molar-refractivity contribution is 0.259. The quantitative estimate of drug-likeness (QED) is 0.750. The first kappa shape index (κ1) is 18.8. The molecule has 0 saturated carbocycles. The fourth-order valence-corrected chi connectivity index (χ4v) is 3.40. The molecule has 0 unspecified atom stereocenters. The van der Waals surface area contributed by atoms with Gasteiger partial charge in [-0.2, -0.15) is 0 Å². The molecule has 1 aromatic rings. The van der Waals surface area contributed by atoms with Crippen LogP contribution < -0.4 is 0 Å². The molecular formula is C21H31NO2. The van der Waals surface area contributed by atoms with Gasteiger partial charge in [0.05, 0.1) is 13.2 Å². The number of nitrogens with zero attached hydrogens (tertiary/aromatic N) is 1. The third-order valence-electron chi connectivity index (χ3n) is 4.79. The van der Waals surface area contributed by atoms with Crippen LogP contribution in [-0.4, -0.2) is 28.2 Å². The molecule has 2 rings (SSSR count). The molecule has 0 atom stereocenters. The van der Waals surface area contributed by atoms with Gasteiger partial charge in [-0.15, -0.1) is 0 Å². The summed E-state index contributed by atoms with van der Waals surface area (Å²) in [6.07, 6.45) is 5.37. The Balaban J connectivity index is 2.05. The predicted molar refractivity (Wildman–Crippen MR) is 99.6 cm³/mol. The third kappa shape index (κ3) is 4.71. The molecule has 1 heterocycles. The number of hydrogen-bond acceptors (Lipinski definition) is 3. The van der Waals surface area contributed by atoms with Crippen LogP contribution in [0.1, 0.15) is 48.9 Å². The van der Waals surface area contributed by atoms with Crippen LogP contribution in [0.25, 0.3) is 0 Å². The Kier molecular flexibility index (Phi) is 6.64. The summed E-state index contributed by atoms with van der Waals surface area (Å²) in [7, 11) is 0. The molecule has 3 nitrogen and oxygen atoms in total. The highest BCUT2D eigenvalue weighted by molar-refractivity contribution is 5.37. The van der Waals surface area contributed by atoms with Crippen molar-refractivity contribution in [1.82, 2.24) is 4.90 Å². The van der Waals surface area contributed by atoms with Crippen molar-refractivity contribution in [2.24, 2.45) is 5.92 Å². The summed E-state index contributed by atoms with van der Waals surface area (Å²) in [6.45, 7) is 12.7. The van der Waals surface area contributed by atoms with Crippen LogP contribution in [0.2, 0.25) is 0 Å². The Morgan fingerprint density at radius 1 is 1.12 bits per heavy atom. The summed E-state index contributed by atoms with van der Waals surface area (Å²) in [6, 6.07) is 4.04. The Labute approximate surface area is 146 Å². The molecule has 132 valence electrons. The molecule has 0 radical (unpaired) electrons. The predicted octanol–water partition coefficient (Wildman–Crippen LogP) is 3.71. The molecule has 1 aliphatic rings. The molecule has 0 amide bonds. The summed E-state index contributed by atoms with van der Waals surface area (Å²) in [5, 5.41) is 18.9. The van der Waals surface area contributed by atoms with Crippen molar-refractivity contribution < 1.29 is 10.2 Å². The minimum atomic E-state index is -0.0269. The van der Waals surface area contributed by atoms with Crippen LogP contribution in [0.5, 0.6) is 0 Å². The van der Waals surface area contributed by atoms with E-state index >= 15 is 0 Å². The molecule has 1 aromatic carbocycles. The van der Waals surface area contributed by atoms with E-state index in [2.05, 4.69) is 38.3 Å². The molecule has 24 heavy (non-hydrogen) atoms. The van der Waals surface area contributed by atoms with Crippen LogP contribution in [0.4, 0.5) is 0 Å². The van der Waals surface area contributed by atoms with Gasteiger partial charge in [-0.3, -0.25) is 0 Å². The molecule has 0 aliphatic carbocycles. The SMILES string of the molecule is C=C1CC=C(CC(C)C)CN1CCc1cc(CO)c(CO)cc1C. The first-order valence-corrected chi connectivity index (χ1v) is 8.88. The van der Waals surface area contributed by atoms with Gasteiger partial charge in [0.2, 0.25) is 0 Å². The highest BCUT2D eigenvalue weighted by atomic mass is 16.3. The van der Waals surface area contributed by atoms with Gasteiger partial charge in [-0.05, 0) is 47.9 Å². The molecule has 0 spiro atoms. The van der Waals surface area contributed by atoms with E-state index in [0.29, 0.717) is 5.92 Å². The van der Waals surface area contributed by atoms with Crippen LogP contribution in [0.15, 0.2) is 36.1 Å². The fraction of sp³-hybridized carbons (Fsp3) is 0.524. The number of hydrogen-bond donors (Lipinski definition) is 2. The Bertz CT molecular complexity index is 617. The Hall–Kier alpha value is -1.58. The topological polar surface area (TPSA) is 43.7 Å². The summed E-state index contributed by atoms with van der Waals surface area (Å²) < 4.78 is 0. The van der Waals surface area contributed by atoms with E-state index in [0.717, 1.165) is 43.5 Å². The van der Waals surface area contributed by atoms with Crippen LogP contribution in [-0.2, 0) is 19.6 Å². The van der Waals surface area contributed by atoms with Gasteiger partial charge in [-0.25, -0.2) is 0 Å². The van der Waals surface area contributed by atoms with Gasteiger partial charge < -0.3 is 15.1 Å². The van der Waals surface area contributed by atoms with E-state index in [4.69, 9.17) is 0 Å². The summed E-state index contributed by atoms with van der Waals surface area (Å²) in [5.41, 5.74) is 6.77. The van der Waals surface area contributed by atoms with Crippen molar-refractivity contribution in [1.29, 1.82) is 0 Å². The molecule has 0 aromatic heterocycles. The number of rotatable bonds is 7. The smallest absolute Gasteiger partial charge is 0.0685 e. The molecule has 0 fully saturated rings. The van der Waals surface area contributed by atoms with E-state index in [1.807, 2.05) is 12.1 Å². The van der Waals surface area contributed by atoms with Gasteiger partial charge in [0.1, 0.15) is 0 Å². The first-order valence-electron chi connectivity index (χ1n) is 8.88. The van der Waals surface area contributed by atoms with Crippen LogP contribution in [0.3, 0.4) is 0 Å². The van der Waals surface area contributed by atoms with Crippen molar-refractivity contribution >= 4 is 0 Å². The zero-order valence-corrected chi connectivity index (χ0v) is 15.3. The highest BCUT2D eigenvalue weighted by Gasteiger charge is 2.16. The first-order chi connectivity index (χ1) is 11.4. The average Bonchev–Trinajstić information content (AvgIpc) is 2.55. The van der Waals surface area contributed by atoms with Gasteiger partial charge in [0.25, 0.3) is 0 Å². The standard InChI is InChI=1S/C21H31NO2/c1-15(2)9-18-6-5-17(4)22(12-18)8-7-19-11-21(14-24)20(13-23)10-16(19)3/h6,10-11,15,23-24H,4-5,7-9,12-14H2,1-3H3. The second-order valence-corrected chi connectivity index (χ2v) is 7.27. The largest absolute Gasteiger partial charge is 0.392 e. The van der Waals surface area contributed by atoms with E-state index in [-0.39, 0.29) is 13.2 Å². The lowest BCUT2D eigenvalue weighted by atomic mass is 9.96. The van der Waals surface area contributed by atoms with E-state index in [1.54, 1.807) is 0 Å². The zero-order chi connectivity index (χ0) is 17.7. The molecule has 1 aliphatic heterocycles. The van der Waals surface area contributed by atoms with E-state index in [9.17, 15) is 10.2 Å². The summed E-state index contributed by atoms with van der Waals surface area (Å²) in [4.78, 5) is 2.38. The van der Waals surface area contributed by atoms with Crippen LogP contribution >= 0.6 is 0 Å². The minimum Gasteiger partial charge on any atom is -0.392 e. The average molecular weight is 329 g/mol. The second kappa shape index (κ2) is 8.50. The van der Waals surface area contributed by atoms with Crippen molar-refractivity contribution in [2.75, 3.05) is 13.1 Å². The van der Waals surface area contributed by atoms with Gasteiger partial charge in [0, 0.05) is 25.2 Å². The van der Waals surface area contributed by atoms with Gasteiger partial charge >= 0.3 is 0 Å². The van der Waals surface area contributed by atoms with Crippen molar-refractivity contribution in [3.05, 3.63) is 58.3 Å². The maximum Gasteiger partial charge on any atom is 0.0685 e. The monoisotopic (exact) mass is 329 g/mol. The van der Waals surface area contributed by atoms with E-state index in [1.165, 1.54) is 22.4 Å². The molecule has 2 N–H and O–H groups in total. The maximum absolute atomic E-state index is 9.50. The number of benzene rings is 1. The maximum atomic E-state index is 9.50. The summed E-state index contributed by atoms with van der Waals surface area (Å²) in [5.74, 6) is 0.685. The number of aliphatic hydroxyl groups is 2. The molecular weight excluding hydrogens is 298 g/mol. The molecule has 0 bridgehead atoms. The Morgan fingerprint density at radius 2 is 1.79 bits per heavy atom. The normalized spacial score (nSPS) is 15.2. The number of allylic oxidation sites excluding steroid dienone is 1. The lowest BCUT2D eigenvalue weighted by Crippen LogP contribution is -2.30. The Morgan fingerprint density at radius 3 is 2.42 bits per heavy atom. The van der Waals surface area contributed by atoms with Gasteiger partial charge in [-0.1, -0.05) is 44.2 Å². The zero-order valence-electron chi connectivity index (χ0n) is 15.3. The van der Waals surface area contributed by atoms with E-state index < -0.39 is 0 Å². The summed E-state index contributed by atoms with van der Waals surface area (Å²) >= 11 is 0. The second-order valence-electron chi connectivity index (χ2n) is 7.27. The lowest BCUT2D eigenvalue weighted by Gasteiger charge is -2.32. The number of aliphatic hydroxyl groups excluding tert-OH is 2. The van der Waals surface area contributed by atoms with Crippen molar-refractivity contribution in [3.8, 4) is 0 Å². The van der Waals surface area contributed by atoms with Crippen molar-refractivity contribution in [3.63, 3.8) is 0 Å². The highest BCUT2D eigenvalue weighted by Crippen LogP contribution is 2.24. The fourth-order valence-electron chi connectivity index (χ4n) is 3.40.